The second-order valence-electron chi connectivity index (χ2n) is 6.50. The lowest BCUT2D eigenvalue weighted by Crippen LogP contribution is -2.37. The van der Waals surface area contributed by atoms with Crippen molar-refractivity contribution in [3.63, 3.8) is 0 Å². The first-order valence-corrected chi connectivity index (χ1v) is 7.74. The topological polar surface area (TPSA) is 28.4 Å². The summed E-state index contributed by atoms with van der Waals surface area (Å²) in [5.74, 6) is 3.88. The zero-order valence-corrected chi connectivity index (χ0v) is 12.2. The largest absolute Gasteiger partial charge is 0.463 e. The van der Waals surface area contributed by atoms with Gasteiger partial charge in [0.2, 0.25) is 0 Å². The highest BCUT2D eigenvalue weighted by atomic mass is 16.3. The molecule has 3 nitrogen and oxygen atoms in total. The van der Waals surface area contributed by atoms with Crippen molar-refractivity contribution < 1.29 is 4.42 Å². The van der Waals surface area contributed by atoms with E-state index >= 15 is 0 Å². The zero-order valence-electron chi connectivity index (χ0n) is 12.2. The molecule has 0 amide bonds. The van der Waals surface area contributed by atoms with Gasteiger partial charge in [0, 0.05) is 12.6 Å². The van der Waals surface area contributed by atoms with Gasteiger partial charge in [0.25, 0.3) is 0 Å². The first-order chi connectivity index (χ1) is 9.20. The van der Waals surface area contributed by atoms with E-state index in [4.69, 9.17) is 4.42 Å². The van der Waals surface area contributed by atoms with E-state index in [1.165, 1.54) is 32.4 Å². The zero-order chi connectivity index (χ0) is 13.2. The number of hydrogen-bond acceptors (Lipinski definition) is 3. The quantitative estimate of drug-likeness (QED) is 0.884. The number of hydrogen-bond donors (Lipinski definition) is 1. The van der Waals surface area contributed by atoms with Gasteiger partial charge in [-0.05, 0) is 49.8 Å². The van der Waals surface area contributed by atoms with Crippen molar-refractivity contribution in [2.45, 2.75) is 52.2 Å². The van der Waals surface area contributed by atoms with Gasteiger partial charge in [0.05, 0.1) is 13.1 Å². The highest BCUT2D eigenvalue weighted by Crippen LogP contribution is 2.24. The molecule has 2 atom stereocenters. The molecule has 3 rings (SSSR count). The monoisotopic (exact) mass is 262 g/mol. The van der Waals surface area contributed by atoms with E-state index in [0.717, 1.165) is 42.5 Å². The van der Waals surface area contributed by atoms with Crippen LogP contribution >= 0.6 is 0 Å². The number of nitrogens with zero attached hydrogens (tertiary/aromatic N) is 1. The van der Waals surface area contributed by atoms with E-state index in [-0.39, 0.29) is 0 Å². The summed E-state index contributed by atoms with van der Waals surface area (Å²) in [7, 11) is 0. The van der Waals surface area contributed by atoms with Gasteiger partial charge in [0.1, 0.15) is 11.5 Å². The normalized spacial score (nSPS) is 28.7. The van der Waals surface area contributed by atoms with Crippen molar-refractivity contribution in [1.29, 1.82) is 0 Å². The molecule has 1 N–H and O–H groups in total. The number of likely N-dealkylation sites (tertiary alicyclic amines) is 1. The molecule has 106 valence electrons. The van der Waals surface area contributed by atoms with E-state index in [1.54, 1.807) is 0 Å². The number of piperidine rings is 1. The summed E-state index contributed by atoms with van der Waals surface area (Å²) in [5.41, 5.74) is 0. The Hall–Kier alpha value is -0.800. The van der Waals surface area contributed by atoms with Crippen molar-refractivity contribution in [3.8, 4) is 0 Å². The van der Waals surface area contributed by atoms with Crippen LogP contribution in [-0.2, 0) is 13.1 Å². The van der Waals surface area contributed by atoms with E-state index in [9.17, 15) is 0 Å². The van der Waals surface area contributed by atoms with Crippen molar-refractivity contribution >= 4 is 0 Å². The molecule has 2 unspecified atom stereocenters. The molecule has 1 aliphatic carbocycles. The fraction of sp³-hybridized carbons (Fsp3) is 0.750. The van der Waals surface area contributed by atoms with Gasteiger partial charge in [-0.25, -0.2) is 0 Å². The van der Waals surface area contributed by atoms with Crippen LogP contribution in [0, 0.1) is 11.8 Å². The summed E-state index contributed by atoms with van der Waals surface area (Å²) < 4.78 is 5.92. The molecule has 19 heavy (non-hydrogen) atoms. The molecule has 3 heteroatoms. The number of rotatable bonds is 5. The van der Waals surface area contributed by atoms with Gasteiger partial charge < -0.3 is 9.73 Å². The third-order valence-corrected chi connectivity index (χ3v) is 4.66. The van der Waals surface area contributed by atoms with Crippen LogP contribution in [0.3, 0.4) is 0 Å². The summed E-state index contributed by atoms with van der Waals surface area (Å²) in [4.78, 5) is 2.53. The standard InChI is InChI=1S/C16H26N2O/c1-12-7-8-18(10-13(12)2)11-16-6-5-15(19-16)9-17-14-3-4-14/h5-6,12-14,17H,3-4,7-11H2,1-2H3. The van der Waals surface area contributed by atoms with Crippen molar-refractivity contribution in [1.82, 2.24) is 10.2 Å². The third kappa shape index (κ3) is 3.61. The smallest absolute Gasteiger partial charge is 0.118 e. The van der Waals surface area contributed by atoms with Gasteiger partial charge in [-0.2, -0.15) is 0 Å². The van der Waals surface area contributed by atoms with Crippen molar-refractivity contribution in [2.75, 3.05) is 13.1 Å². The minimum absolute atomic E-state index is 0.748. The average molecular weight is 262 g/mol. The number of furan rings is 1. The summed E-state index contributed by atoms with van der Waals surface area (Å²) in [6.45, 7) is 9.01. The van der Waals surface area contributed by atoms with Crippen LogP contribution in [0.4, 0.5) is 0 Å². The molecule has 0 radical (unpaired) electrons. The molecule has 0 aromatic carbocycles. The molecule has 1 saturated heterocycles. The lowest BCUT2D eigenvalue weighted by molar-refractivity contribution is 0.124. The predicted molar refractivity (Wildman–Crippen MR) is 76.8 cm³/mol. The van der Waals surface area contributed by atoms with Gasteiger partial charge in [-0.15, -0.1) is 0 Å². The van der Waals surface area contributed by atoms with Crippen LogP contribution in [-0.4, -0.2) is 24.0 Å². The van der Waals surface area contributed by atoms with Crippen LogP contribution < -0.4 is 5.32 Å². The Labute approximate surface area is 116 Å². The van der Waals surface area contributed by atoms with E-state index in [0.29, 0.717) is 0 Å². The molecule has 0 bridgehead atoms. The van der Waals surface area contributed by atoms with Crippen LogP contribution in [0.2, 0.25) is 0 Å². The molecule has 1 aromatic heterocycles. The fourth-order valence-corrected chi connectivity index (χ4v) is 2.85. The Bertz CT molecular complexity index is 411. The maximum Gasteiger partial charge on any atom is 0.118 e. The molecule has 2 aliphatic rings. The first-order valence-electron chi connectivity index (χ1n) is 7.74. The summed E-state index contributed by atoms with van der Waals surface area (Å²) in [5, 5.41) is 3.50. The van der Waals surface area contributed by atoms with Gasteiger partial charge in [-0.1, -0.05) is 13.8 Å². The lowest BCUT2D eigenvalue weighted by Gasteiger charge is -2.34. The molecular formula is C16H26N2O. The summed E-state index contributed by atoms with van der Waals surface area (Å²) >= 11 is 0. The van der Waals surface area contributed by atoms with Crippen molar-refractivity contribution in [2.24, 2.45) is 11.8 Å². The van der Waals surface area contributed by atoms with E-state index in [2.05, 4.69) is 36.2 Å². The maximum atomic E-state index is 5.92. The number of nitrogens with one attached hydrogen (secondary N) is 1. The molecule has 1 saturated carbocycles. The van der Waals surface area contributed by atoms with Crippen LogP contribution in [0.15, 0.2) is 16.5 Å². The Kier molecular flexibility index (Phi) is 3.94. The second-order valence-corrected chi connectivity index (χ2v) is 6.50. The lowest BCUT2D eigenvalue weighted by atomic mass is 9.89. The minimum Gasteiger partial charge on any atom is -0.463 e. The van der Waals surface area contributed by atoms with Crippen LogP contribution in [0.5, 0.6) is 0 Å². The second kappa shape index (κ2) is 5.68. The Balaban J connectivity index is 1.48. The van der Waals surface area contributed by atoms with Crippen LogP contribution in [0.1, 0.15) is 44.6 Å². The molecule has 0 spiro atoms. The third-order valence-electron chi connectivity index (χ3n) is 4.66. The maximum absolute atomic E-state index is 5.92. The summed E-state index contributed by atoms with van der Waals surface area (Å²) in [6, 6.07) is 5.02. The molecule has 1 aromatic rings. The highest BCUT2D eigenvalue weighted by Gasteiger charge is 2.23. The van der Waals surface area contributed by atoms with Crippen molar-refractivity contribution in [3.05, 3.63) is 23.7 Å². The van der Waals surface area contributed by atoms with Gasteiger partial charge >= 0.3 is 0 Å². The van der Waals surface area contributed by atoms with E-state index < -0.39 is 0 Å². The van der Waals surface area contributed by atoms with Crippen LogP contribution in [0.25, 0.3) is 0 Å². The molecule has 1 aliphatic heterocycles. The molecule has 2 fully saturated rings. The first kappa shape index (κ1) is 13.2. The summed E-state index contributed by atoms with van der Waals surface area (Å²) in [6.07, 6.45) is 3.98. The van der Waals surface area contributed by atoms with E-state index in [1.807, 2.05) is 0 Å². The Morgan fingerprint density at radius 3 is 2.68 bits per heavy atom. The SMILES string of the molecule is CC1CCN(Cc2ccc(CNC3CC3)o2)CC1C. The minimum atomic E-state index is 0.748. The fourth-order valence-electron chi connectivity index (χ4n) is 2.85. The molecule has 2 heterocycles. The average Bonchev–Trinajstić information content (AvgIpc) is 3.12. The van der Waals surface area contributed by atoms with Gasteiger partial charge in [0.15, 0.2) is 0 Å². The molecular weight excluding hydrogens is 236 g/mol. The van der Waals surface area contributed by atoms with Gasteiger partial charge in [-0.3, -0.25) is 4.90 Å². The Morgan fingerprint density at radius 1 is 1.16 bits per heavy atom. The predicted octanol–water partition coefficient (Wildman–Crippen LogP) is 3.01. The highest BCUT2D eigenvalue weighted by molar-refractivity contribution is 5.07. The Morgan fingerprint density at radius 2 is 1.95 bits per heavy atom.